The fourth-order valence-corrected chi connectivity index (χ4v) is 2.32. The zero-order valence-corrected chi connectivity index (χ0v) is 14.2. The predicted molar refractivity (Wildman–Crippen MR) is 91.0 cm³/mol. The number of benzene rings is 2. The van der Waals surface area contributed by atoms with Crippen molar-refractivity contribution in [2.75, 3.05) is 23.9 Å². The Labute approximate surface area is 148 Å². The van der Waals surface area contributed by atoms with Gasteiger partial charge in [-0.15, -0.1) is 0 Å². The highest BCUT2D eigenvalue weighted by molar-refractivity contribution is 6.31. The molecule has 0 spiro atoms. The molecule has 0 bridgehead atoms. The number of ether oxygens (including phenoxy) is 1. The number of hydrogen-bond donors (Lipinski definition) is 1. The molecule has 25 heavy (non-hydrogen) atoms. The molecule has 0 atom stereocenters. The van der Waals surface area contributed by atoms with Gasteiger partial charge in [-0.1, -0.05) is 11.6 Å². The maximum absolute atomic E-state index is 13.4. The van der Waals surface area contributed by atoms with Crippen LogP contribution in [0, 0.1) is 11.6 Å². The molecule has 5 nitrogen and oxygen atoms in total. The molecule has 2 aromatic carbocycles. The van der Waals surface area contributed by atoms with Crippen molar-refractivity contribution in [2.45, 2.75) is 6.92 Å². The Morgan fingerprint density at radius 2 is 1.88 bits per heavy atom. The molecular weight excluding hydrogens is 354 g/mol. The average molecular weight is 369 g/mol. The molecule has 0 unspecified atom stereocenters. The molecule has 0 aliphatic rings. The molecule has 0 aliphatic heterocycles. The van der Waals surface area contributed by atoms with Crippen LogP contribution in [0.3, 0.4) is 0 Å². The Morgan fingerprint density at radius 3 is 2.48 bits per heavy atom. The van der Waals surface area contributed by atoms with Gasteiger partial charge in [-0.25, -0.2) is 8.78 Å². The summed E-state index contributed by atoms with van der Waals surface area (Å²) in [5.74, 6) is -2.82. The molecule has 0 aliphatic carbocycles. The third-order valence-corrected chi connectivity index (χ3v) is 3.57. The highest BCUT2D eigenvalue weighted by atomic mass is 35.5. The molecule has 0 radical (unpaired) electrons. The van der Waals surface area contributed by atoms with Crippen LogP contribution in [0.25, 0.3) is 0 Å². The van der Waals surface area contributed by atoms with Crippen LogP contribution in [0.15, 0.2) is 36.4 Å². The van der Waals surface area contributed by atoms with Gasteiger partial charge in [0.1, 0.15) is 12.3 Å². The number of nitrogens with zero attached hydrogens (tertiary/aromatic N) is 1. The van der Waals surface area contributed by atoms with Crippen molar-refractivity contribution in [2.24, 2.45) is 0 Å². The van der Waals surface area contributed by atoms with Crippen LogP contribution in [0.5, 0.6) is 5.75 Å². The zero-order chi connectivity index (χ0) is 18.6. The summed E-state index contributed by atoms with van der Waals surface area (Å²) >= 11 is 5.89. The summed E-state index contributed by atoms with van der Waals surface area (Å²) in [5.41, 5.74) is 0.397. The highest BCUT2D eigenvalue weighted by Gasteiger charge is 2.18. The van der Waals surface area contributed by atoms with Crippen LogP contribution in [-0.4, -0.2) is 25.5 Å². The molecule has 2 amide bonds. The van der Waals surface area contributed by atoms with Crippen LogP contribution in [0.4, 0.5) is 20.2 Å². The van der Waals surface area contributed by atoms with Crippen LogP contribution >= 0.6 is 11.6 Å². The van der Waals surface area contributed by atoms with E-state index in [9.17, 15) is 18.4 Å². The largest absolute Gasteiger partial charge is 0.495 e. The standard InChI is InChI=1S/C17H15ClF2N2O3/c1-10(23)22(12-4-5-13(19)14(20)8-12)9-17(24)21-15-7-11(18)3-6-16(15)25-2/h3-8H,9H2,1-2H3,(H,21,24). The summed E-state index contributed by atoms with van der Waals surface area (Å²) in [4.78, 5) is 25.1. The molecular formula is C17H15ClF2N2O3. The fraction of sp³-hybridized carbons (Fsp3) is 0.176. The lowest BCUT2D eigenvalue weighted by Crippen LogP contribution is -2.36. The maximum atomic E-state index is 13.4. The lowest BCUT2D eigenvalue weighted by atomic mass is 10.2. The monoisotopic (exact) mass is 368 g/mol. The molecule has 0 saturated heterocycles. The van der Waals surface area contributed by atoms with E-state index >= 15 is 0 Å². The van der Waals surface area contributed by atoms with Gasteiger partial charge in [-0.2, -0.15) is 0 Å². The number of carbonyl (C=O) groups excluding carboxylic acids is 2. The summed E-state index contributed by atoms with van der Waals surface area (Å²) in [6.07, 6.45) is 0. The van der Waals surface area contributed by atoms with Crippen LogP contribution < -0.4 is 15.0 Å². The van der Waals surface area contributed by atoms with Crippen LogP contribution in [-0.2, 0) is 9.59 Å². The van der Waals surface area contributed by atoms with Gasteiger partial charge in [-0.3, -0.25) is 9.59 Å². The number of methoxy groups -OCH3 is 1. The van der Waals surface area contributed by atoms with Crippen molar-refractivity contribution < 1.29 is 23.1 Å². The molecule has 0 saturated carbocycles. The van der Waals surface area contributed by atoms with Crippen molar-refractivity contribution in [1.29, 1.82) is 0 Å². The Hall–Kier alpha value is -2.67. The lowest BCUT2D eigenvalue weighted by molar-refractivity contribution is -0.120. The van der Waals surface area contributed by atoms with E-state index in [0.717, 1.165) is 17.0 Å². The number of rotatable bonds is 5. The first kappa shape index (κ1) is 18.7. The van der Waals surface area contributed by atoms with E-state index in [1.807, 2.05) is 0 Å². The predicted octanol–water partition coefficient (Wildman–Crippen LogP) is 3.62. The van der Waals surface area contributed by atoms with E-state index in [4.69, 9.17) is 16.3 Å². The molecule has 0 aromatic heterocycles. The number of nitrogens with one attached hydrogen (secondary N) is 1. The normalized spacial score (nSPS) is 10.3. The second-order valence-electron chi connectivity index (χ2n) is 5.10. The second kappa shape index (κ2) is 7.94. The van der Waals surface area contributed by atoms with E-state index in [0.29, 0.717) is 16.5 Å². The Balaban J connectivity index is 2.20. The Bertz CT molecular complexity index is 814. The molecule has 1 N–H and O–H groups in total. The lowest BCUT2D eigenvalue weighted by Gasteiger charge is -2.21. The summed E-state index contributed by atoms with van der Waals surface area (Å²) in [6.45, 7) is 0.824. The van der Waals surface area contributed by atoms with E-state index < -0.39 is 30.0 Å². The first-order valence-electron chi connectivity index (χ1n) is 7.18. The number of halogens is 3. The third-order valence-electron chi connectivity index (χ3n) is 3.33. The first-order chi connectivity index (χ1) is 11.8. The van der Waals surface area contributed by atoms with Gasteiger partial charge in [0.05, 0.1) is 12.8 Å². The first-order valence-corrected chi connectivity index (χ1v) is 7.56. The van der Waals surface area contributed by atoms with Crippen molar-refractivity contribution >= 4 is 34.8 Å². The summed E-state index contributed by atoms with van der Waals surface area (Å²) in [6, 6.07) is 7.62. The van der Waals surface area contributed by atoms with Gasteiger partial charge in [0.2, 0.25) is 11.8 Å². The second-order valence-corrected chi connectivity index (χ2v) is 5.53. The SMILES string of the molecule is COc1ccc(Cl)cc1NC(=O)CN(C(C)=O)c1ccc(F)c(F)c1. The number of amides is 2. The number of hydrogen-bond acceptors (Lipinski definition) is 3. The van der Waals surface area contributed by atoms with Crippen molar-refractivity contribution in [3.05, 3.63) is 53.1 Å². The average Bonchev–Trinajstić information content (AvgIpc) is 2.55. The maximum Gasteiger partial charge on any atom is 0.244 e. The molecule has 2 aromatic rings. The minimum atomic E-state index is -1.11. The van der Waals surface area contributed by atoms with Gasteiger partial charge in [0.25, 0.3) is 0 Å². The molecule has 132 valence electrons. The highest BCUT2D eigenvalue weighted by Crippen LogP contribution is 2.27. The Kier molecular flexibility index (Phi) is 5.93. The zero-order valence-electron chi connectivity index (χ0n) is 13.5. The van der Waals surface area contributed by atoms with Crippen molar-refractivity contribution in [3.8, 4) is 5.75 Å². The third kappa shape index (κ3) is 4.67. The smallest absolute Gasteiger partial charge is 0.244 e. The van der Waals surface area contributed by atoms with E-state index in [1.165, 1.54) is 26.2 Å². The van der Waals surface area contributed by atoms with Gasteiger partial charge in [0.15, 0.2) is 11.6 Å². The van der Waals surface area contributed by atoms with Crippen LogP contribution in [0.2, 0.25) is 5.02 Å². The quantitative estimate of drug-likeness (QED) is 0.877. The van der Waals surface area contributed by atoms with E-state index in [-0.39, 0.29) is 5.69 Å². The molecule has 0 heterocycles. The topological polar surface area (TPSA) is 58.6 Å². The van der Waals surface area contributed by atoms with Gasteiger partial charge >= 0.3 is 0 Å². The molecule has 2 rings (SSSR count). The van der Waals surface area contributed by atoms with Gasteiger partial charge in [0, 0.05) is 23.7 Å². The summed E-state index contributed by atoms with van der Waals surface area (Å²) < 4.78 is 31.6. The van der Waals surface area contributed by atoms with E-state index in [1.54, 1.807) is 12.1 Å². The van der Waals surface area contributed by atoms with Crippen molar-refractivity contribution in [1.82, 2.24) is 0 Å². The number of anilines is 2. The molecule has 8 heteroatoms. The number of carbonyl (C=O) groups is 2. The van der Waals surface area contributed by atoms with Gasteiger partial charge < -0.3 is 15.0 Å². The van der Waals surface area contributed by atoms with Crippen LogP contribution in [0.1, 0.15) is 6.92 Å². The van der Waals surface area contributed by atoms with E-state index in [2.05, 4.69) is 5.32 Å². The fourth-order valence-electron chi connectivity index (χ4n) is 2.15. The summed E-state index contributed by atoms with van der Waals surface area (Å²) in [5, 5.41) is 2.96. The van der Waals surface area contributed by atoms with Gasteiger partial charge in [-0.05, 0) is 30.3 Å². The van der Waals surface area contributed by atoms with Crippen molar-refractivity contribution in [3.63, 3.8) is 0 Å². The Morgan fingerprint density at radius 1 is 1.16 bits per heavy atom. The minimum absolute atomic E-state index is 0.0691. The molecule has 0 fully saturated rings. The summed E-state index contributed by atoms with van der Waals surface area (Å²) in [7, 11) is 1.43. The minimum Gasteiger partial charge on any atom is -0.495 e.